The quantitative estimate of drug-likeness (QED) is 0.869. The van der Waals surface area contributed by atoms with Crippen LogP contribution in [0, 0.1) is 5.92 Å². The average Bonchev–Trinajstić information content (AvgIpc) is 3.01. The highest BCUT2D eigenvalue weighted by molar-refractivity contribution is 5.73. The molecule has 140 valence electrons. The molecule has 0 bridgehead atoms. The standard InChI is InChI=1S/C18H32N6O/c1-4-22-7-5-6-15(12-22)13-23-8-9-24-17(14-23)10-16(20-24)11-19-18(25)21(2)3/h10,15H,4-9,11-14H2,1-3H3,(H,19,25). The third kappa shape index (κ3) is 4.73. The number of carbonyl (C=O) groups excluding carboxylic acids is 1. The Morgan fingerprint density at radius 1 is 1.32 bits per heavy atom. The first-order valence-electron chi connectivity index (χ1n) is 9.50. The fourth-order valence-electron chi connectivity index (χ4n) is 3.90. The van der Waals surface area contributed by atoms with Gasteiger partial charge in [0.1, 0.15) is 0 Å². The van der Waals surface area contributed by atoms with Crippen molar-refractivity contribution in [2.45, 2.75) is 39.4 Å². The molecule has 7 nitrogen and oxygen atoms in total. The van der Waals surface area contributed by atoms with Gasteiger partial charge in [0, 0.05) is 40.3 Å². The van der Waals surface area contributed by atoms with E-state index in [1.165, 1.54) is 44.7 Å². The Morgan fingerprint density at radius 2 is 2.16 bits per heavy atom. The number of nitrogens with zero attached hydrogens (tertiary/aromatic N) is 5. The van der Waals surface area contributed by atoms with Crippen LogP contribution in [-0.4, -0.2) is 77.3 Å². The van der Waals surface area contributed by atoms with E-state index in [9.17, 15) is 4.79 Å². The van der Waals surface area contributed by atoms with Gasteiger partial charge in [-0.25, -0.2) is 4.79 Å². The summed E-state index contributed by atoms with van der Waals surface area (Å²) in [5, 5.41) is 7.52. The Hall–Kier alpha value is -1.60. The molecule has 3 heterocycles. The minimum absolute atomic E-state index is 0.0784. The first-order chi connectivity index (χ1) is 12.0. The number of rotatable bonds is 5. The SMILES string of the molecule is CCN1CCCC(CN2CCn3nc(CNC(=O)N(C)C)cc3C2)C1. The number of carbonyl (C=O) groups is 1. The van der Waals surface area contributed by atoms with Crippen LogP contribution in [0.5, 0.6) is 0 Å². The summed E-state index contributed by atoms with van der Waals surface area (Å²) in [5.41, 5.74) is 2.21. The van der Waals surface area contributed by atoms with Crippen molar-refractivity contribution in [1.82, 2.24) is 29.8 Å². The van der Waals surface area contributed by atoms with E-state index in [-0.39, 0.29) is 6.03 Å². The molecule has 1 unspecified atom stereocenters. The molecule has 2 aliphatic heterocycles. The highest BCUT2D eigenvalue weighted by Gasteiger charge is 2.24. The molecule has 1 aromatic heterocycles. The molecular formula is C18H32N6O. The van der Waals surface area contributed by atoms with Crippen LogP contribution in [0.1, 0.15) is 31.2 Å². The largest absolute Gasteiger partial charge is 0.332 e. The predicted octanol–water partition coefficient (Wildman–Crippen LogP) is 1.20. The number of piperidine rings is 1. The van der Waals surface area contributed by atoms with Crippen LogP contribution in [0.3, 0.4) is 0 Å². The molecular weight excluding hydrogens is 316 g/mol. The van der Waals surface area contributed by atoms with E-state index in [0.717, 1.165) is 31.2 Å². The van der Waals surface area contributed by atoms with E-state index < -0.39 is 0 Å². The molecule has 2 aliphatic rings. The molecule has 0 saturated carbocycles. The zero-order chi connectivity index (χ0) is 17.8. The van der Waals surface area contributed by atoms with Crippen molar-refractivity contribution in [3.05, 3.63) is 17.5 Å². The lowest BCUT2D eigenvalue weighted by atomic mass is 9.97. The summed E-state index contributed by atoms with van der Waals surface area (Å²) in [5.74, 6) is 0.794. The lowest BCUT2D eigenvalue weighted by molar-refractivity contribution is 0.120. The number of nitrogens with one attached hydrogen (secondary N) is 1. The van der Waals surface area contributed by atoms with E-state index in [2.05, 4.69) is 37.9 Å². The maximum atomic E-state index is 11.7. The zero-order valence-electron chi connectivity index (χ0n) is 15.9. The summed E-state index contributed by atoms with van der Waals surface area (Å²) in [7, 11) is 3.49. The molecule has 25 heavy (non-hydrogen) atoms. The smallest absolute Gasteiger partial charge is 0.317 e. The Balaban J connectivity index is 1.52. The molecule has 7 heteroatoms. The van der Waals surface area contributed by atoms with Crippen LogP contribution < -0.4 is 5.32 Å². The van der Waals surface area contributed by atoms with Gasteiger partial charge in [0.15, 0.2) is 0 Å². The maximum absolute atomic E-state index is 11.7. The number of fused-ring (bicyclic) bond motifs is 1. The summed E-state index contributed by atoms with van der Waals surface area (Å²) in [6.45, 7) is 10.6. The molecule has 0 spiro atoms. The van der Waals surface area contributed by atoms with Gasteiger partial charge in [0.05, 0.1) is 24.5 Å². The third-order valence-electron chi connectivity index (χ3n) is 5.32. The number of aromatic nitrogens is 2. The third-order valence-corrected chi connectivity index (χ3v) is 5.32. The van der Waals surface area contributed by atoms with Gasteiger partial charge in [-0.05, 0) is 37.9 Å². The molecule has 1 fully saturated rings. The van der Waals surface area contributed by atoms with Gasteiger partial charge in [-0.15, -0.1) is 0 Å². The fraction of sp³-hybridized carbons (Fsp3) is 0.778. The van der Waals surface area contributed by atoms with Crippen LogP contribution >= 0.6 is 0 Å². The first kappa shape index (κ1) is 18.2. The monoisotopic (exact) mass is 348 g/mol. The molecule has 0 aliphatic carbocycles. The van der Waals surface area contributed by atoms with Gasteiger partial charge >= 0.3 is 6.03 Å². The lowest BCUT2D eigenvalue weighted by Gasteiger charge is -2.36. The highest BCUT2D eigenvalue weighted by atomic mass is 16.2. The van der Waals surface area contributed by atoms with Crippen LogP contribution in [0.15, 0.2) is 6.07 Å². The fourth-order valence-corrected chi connectivity index (χ4v) is 3.90. The number of hydrogen-bond acceptors (Lipinski definition) is 4. The van der Waals surface area contributed by atoms with Gasteiger partial charge in [0.2, 0.25) is 0 Å². The van der Waals surface area contributed by atoms with Crippen molar-refractivity contribution in [3.63, 3.8) is 0 Å². The number of amides is 2. The van der Waals surface area contributed by atoms with Crippen molar-refractivity contribution < 1.29 is 4.79 Å². The van der Waals surface area contributed by atoms with Crippen LogP contribution in [0.25, 0.3) is 0 Å². The van der Waals surface area contributed by atoms with Gasteiger partial charge in [-0.1, -0.05) is 6.92 Å². The van der Waals surface area contributed by atoms with E-state index in [4.69, 9.17) is 0 Å². The summed E-state index contributed by atoms with van der Waals surface area (Å²) < 4.78 is 2.10. The topological polar surface area (TPSA) is 56.6 Å². The number of likely N-dealkylation sites (tertiary alicyclic amines) is 1. The lowest BCUT2D eigenvalue weighted by Crippen LogP contribution is -2.43. The van der Waals surface area contributed by atoms with Crippen molar-refractivity contribution >= 4 is 6.03 Å². The zero-order valence-corrected chi connectivity index (χ0v) is 15.9. The minimum atomic E-state index is -0.0784. The molecule has 1 aromatic rings. The van der Waals surface area contributed by atoms with Crippen molar-refractivity contribution in [1.29, 1.82) is 0 Å². The van der Waals surface area contributed by atoms with E-state index >= 15 is 0 Å². The normalized spacial score (nSPS) is 21.8. The van der Waals surface area contributed by atoms with Crippen LogP contribution in [-0.2, 0) is 19.6 Å². The molecule has 1 atom stereocenters. The first-order valence-corrected chi connectivity index (χ1v) is 9.50. The molecule has 3 rings (SSSR count). The molecule has 1 N–H and O–H groups in total. The Morgan fingerprint density at radius 3 is 2.92 bits per heavy atom. The van der Waals surface area contributed by atoms with Crippen LogP contribution in [0.2, 0.25) is 0 Å². The Bertz CT molecular complexity index is 584. The van der Waals surface area contributed by atoms with Gasteiger partial charge in [-0.3, -0.25) is 9.58 Å². The van der Waals surface area contributed by atoms with Gasteiger partial charge in [-0.2, -0.15) is 5.10 Å². The van der Waals surface area contributed by atoms with Gasteiger partial charge in [0.25, 0.3) is 0 Å². The molecule has 1 saturated heterocycles. The van der Waals surface area contributed by atoms with Crippen LogP contribution in [0.4, 0.5) is 4.79 Å². The Labute approximate surface area is 150 Å². The highest BCUT2D eigenvalue weighted by Crippen LogP contribution is 2.20. The summed E-state index contributed by atoms with van der Waals surface area (Å²) in [6, 6.07) is 2.06. The van der Waals surface area contributed by atoms with Gasteiger partial charge < -0.3 is 15.1 Å². The number of urea groups is 1. The van der Waals surface area contributed by atoms with E-state index in [1.807, 2.05) is 0 Å². The second-order valence-electron chi connectivity index (χ2n) is 7.54. The second kappa shape index (κ2) is 8.19. The Kier molecular flexibility index (Phi) is 5.96. The number of hydrogen-bond donors (Lipinski definition) is 1. The maximum Gasteiger partial charge on any atom is 0.317 e. The van der Waals surface area contributed by atoms with E-state index in [1.54, 1.807) is 19.0 Å². The molecule has 2 amide bonds. The molecule has 0 aromatic carbocycles. The predicted molar refractivity (Wildman–Crippen MR) is 98.3 cm³/mol. The summed E-state index contributed by atoms with van der Waals surface area (Å²) >= 11 is 0. The average molecular weight is 348 g/mol. The minimum Gasteiger partial charge on any atom is -0.332 e. The van der Waals surface area contributed by atoms with Crippen molar-refractivity contribution in [2.75, 3.05) is 46.8 Å². The second-order valence-corrected chi connectivity index (χ2v) is 7.54. The van der Waals surface area contributed by atoms with Crippen molar-refractivity contribution in [3.8, 4) is 0 Å². The summed E-state index contributed by atoms with van der Waals surface area (Å²) in [4.78, 5) is 18.3. The van der Waals surface area contributed by atoms with Crippen molar-refractivity contribution in [2.24, 2.45) is 5.92 Å². The van der Waals surface area contributed by atoms with E-state index in [0.29, 0.717) is 6.54 Å². The summed E-state index contributed by atoms with van der Waals surface area (Å²) in [6.07, 6.45) is 2.69. The molecule has 0 radical (unpaired) electrons.